The number of aromatic nitrogens is 1. The smallest absolute Gasteiger partial charge is 0.254 e. The predicted octanol–water partition coefficient (Wildman–Crippen LogP) is 2.36. The number of nitrogens with zero attached hydrogens (tertiary/aromatic N) is 2. The van der Waals surface area contributed by atoms with E-state index < -0.39 is 5.60 Å². The zero-order valence-electron chi connectivity index (χ0n) is 15.8. The molecule has 0 aliphatic carbocycles. The maximum absolute atomic E-state index is 12.5. The summed E-state index contributed by atoms with van der Waals surface area (Å²) in [7, 11) is 1.51. The number of benzene rings is 1. The maximum Gasteiger partial charge on any atom is 0.254 e. The van der Waals surface area contributed by atoms with Crippen LogP contribution >= 0.6 is 0 Å². The molecule has 0 spiro atoms. The molecule has 1 aromatic carbocycles. The number of β-amino-alcohol motifs (C(OH)–C–C–N with tert-alkyl or cyclic N) is 1. The van der Waals surface area contributed by atoms with Gasteiger partial charge in [-0.15, -0.1) is 0 Å². The molecule has 146 valence electrons. The van der Waals surface area contributed by atoms with Crippen molar-refractivity contribution in [3.8, 4) is 11.6 Å². The fraction of sp³-hybridized carbons (Fsp3) is 0.500. The van der Waals surface area contributed by atoms with Gasteiger partial charge in [0.05, 0.1) is 13.7 Å². The lowest BCUT2D eigenvalue weighted by molar-refractivity contribution is -0.140. The Morgan fingerprint density at radius 1 is 1.41 bits per heavy atom. The third-order valence-electron chi connectivity index (χ3n) is 4.83. The molecule has 1 atom stereocenters. The van der Waals surface area contributed by atoms with Crippen molar-refractivity contribution >= 4 is 5.91 Å². The molecule has 1 aliphatic rings. The molecule has 1 saturated heterocycles. The molecule has 0 radical (unpaired) electrons. The van der Waals surface area contributed by atoms with Crippen molar-refractivity contribution in [1.82, 2.24) is 10.1 Å². The second-order valence-corrected chi connectivity index (χ2v) is 7.03. The van der Waals surface area contributed by atoms with E-state index in [0.29, 0.717) is 37.4 Å². The zero-order valence-corrected chi connectivity index (χ0v) is 15.8. The van der Waals surface area contributed by atoms with Gasteiger partial charge in [0.2, 0.25) is 5.91 Å². The molecule has 2 aromatic rings. The highest BCUT2D eigenvalue weighted by molar-refractivity contribution is 5.76. The molecule has 7 nitrogen and oxygen atoms in total. The first-order valence-corrected chi connectivity index (χ1v) is 9.17. The highest BCUT2D eigenvalue weighted by Gasteiger charge is 2.36. The van der Waals surface area contributed by atoms with Gasteiger partial charge in [0.25, 0.3) is 5.88 Å². The van der Waals surface area contributed by atoms with Crippen LogP contribution in [-0.4, -0.2) is 53.5 Å². The summed E-state index contributed by atoms with van der Waals surface area (Å²) in [4.78, 5) is 14.3. The largest absolute Gasteiger partial charge is 0.490 e. The lowest BCUT2D eigenvalue weighted by Gasteiger charge is -2.39. The van der Waals surface area contributed by atoms with Crippen LogP contribution in [-0.2, 0) is 11.2 Å². The van der Waals surface area contributed by atoms with Gasteiger partial charge in [0, 0.05) is 25.5 Å². The standard InChI is InChI=1S/C20H26N2O5/c1-15-6-3-4-7-17(15)26-14-20(24)10-5-11-22(13-20)19(23)9-8-16-12-18(25-2)21-27-16/h3-4,6-7,12,24H,5,8-11,13-14H2,1-2H3. The van der Waals surface area contributed by atoms with E-state index in [1.807, 2.05) is 31.2 Å². The Kier molecular flexibility index (Phi) is 6.01. The minimum absolute atomic E-state index is 0.0145. The van der Waals surface area contributed by atoms with Crippen molar-refractivity contribution in [2.45, 2.75) is 38.2 Å². The topological polar surface area (TPSA) is 85.0 Å². The van der Waals surface area contributed by atoms with E-state index >= 15 is 0 Å². The van der Waals surface area contributed by atoms with Crippen LogP contribution in [0.2, 0.25) is 0 Å². The van der Waals surface area contributed by atoms with Crippen LogP contribution in [0.3, 0.4) is 0 Å². The van der Waals surface area contributed by atoms with E-state index in [-0.39, 0.29) is 19.1 Å². The maximum atomic E-state index is 12.5. The van der Waals surface area contributed by atoms with E-state index in [9.17, 15) is 9.90 Å². The highest BCUT2D eigenvalue weighted by Crippen LogP contribution is 2.25. The van der Waals surface area contributed by atoms with Crippen LogP contribution in [0.4, 0.5) is 0 Å². The van der Waals surface area contributed by atoms with E-state index in [1.54, 1.807) is 11.0 Å². The molecule has 1 amide bonds. The summed E-state index contributed by atoms with van der Waals surface area (Å²) >= 11 is 0. The molecular weight excluding hydrogens is 348 g/mol. The van der Waals surface area contributed by atoms with Crippen LogP contribution in [0, 0.1) is 6.92 Å². The number of aryl methyl sites for hydroxylation is 2. The highest BCUT2D eigenvalue weighted by atomic mass is 16.5. The minimum Gasteiger partial charge on any atom is -0.490 e. The number of hydrogen-bond acceptors (Lipinski definition) is 6. The predicted molar refractivity (Wildman–Crippen MR) is 98.8 cm³/mol. The van der Waals surface area contributed by atoms with Crippen LogP contribution in [0.5, 0.6) is 11.6 Å². The summed E-state index contributed by atoms with van der Waals surface area (Å²) < 4.78 is 15.9. The molecule has 0 saturated carbocycles. The number of piperidine rings is 1. The van der Waals surface area contributed by atoms with Crippen LogP contribution in [0.25, 0.3) is 0 Å². The Hall–Kier alpha value is -2.54. The number of methoxy groups -OCH3 is 1. The third-order valence-corrected chi connectivity index (χ3v) is 4.83. The van der Waals surface area contributed by atoms with Gasteiger partial charge in [-0.25, -0.2) is 0 Å². The molecule has 1 fully saturated rings. The molecule has 0 bridgehead atoms. The van der Waals surface area contributed by atoms with Gasteiger partial charge in [0.15, 0.2) is 0 Å². The van der Waals surface area contributed by atoms with Crippen LogP contribution in [0.15, 0.2) is 34.9 Å². The summed E-state index contributed by atoms with van der Waals surface area (Å²) in [5, 5.41) is 14.6. The molecule has 27 heavy (non-hydrogen) atoms. The molecule has 1 aromatic heterocycles. The van der Waals surface area contributed by atoms with Gasteiger partial charge in [0.1, 0.15) is 23.7 Å². The summed E-state index contributed by atoms with van der Waals surface area (Å²) in [5.41, 5.74) is -0.0154. The van der Waals surface area contributed by atoms with Crippen molar-refractivity contribution in [2.24, 2.45) is 0 Å². The lowest BCUT2D eigenvalue weighted by atomic mass is 9.93. The Bertz CT molecular complexity index is 775. The second-order valence-electron chi connectivity index (χ2n) is 7.03. The number of para-hydroxylation sites is 1. The SMILES string of the molecule is COc1cc(CCC(=O)N2CCCC(O)(COc3ccccc3C)C2)on1. The number of carbonyl (C=O) groups is 1. The molecule has 1 unspecified atom stereocenters. The van der Waals surface area contributed by atoms with Crippen molar-refractivity contribution < 1.29 is 23.9 Å². The Morgan fingerprint density at radius 2 is 2.22 bits per heavy atom. The van der Waals surface area contributed by atoms with E-state index in [1.165, 1.54) is 7.11 Å². The fourth-order valence-electron chi connectivity index (χ4n) is 3.27. The summed E-state index contributed by atoms with van der Waals surface area (Å²) in [5.74, 6) is 1.75. The Morgan fingerprint density at radius 3 is 2.96 bits per heavy atom. The lowest BCUT2D eigenvalue weighted by Crippen LogP contribution is -2.53. The Labute approximate surface area is 158 Å². The van der Waals surface area contributed by atoms with Crippen molar-refractivity contribution in [3.63, 3.8) is 0 Å². The molecule has 2 heterocycles. The number of hydrogen-bond donors (Lipinski definition) is 1. The second kappa shape index (κ2) is 8.43. The van der Waals surface area contributed by atoms with E-state index in [0.717, 1.165) is 17.7 Å². The van der Waals surface area contributed by atoms with Crippen LogP contribution in [0.1, 0.15) is 30.6 Å². The van der Waals surface area contributed by atoms with Crippen molar-refractivity contribution in [2.75, 3.05) is 26.8 Å². The molecule has 1 N–H and O–H groups in total. The van der Waals surface area contributed by atoms with Crippen molar-refractivity contribution in [1.29, 1.82) is 0 Å². The number of ether oxygens (including phenoxy) is 2. The number of amides is 1. The fourth-order valence-corrected chi connectivity index (χ4v) is 3.27. The monoisotopic (exact) mass is 374 g/mol. The summed E-state index contributed by atoms with van der Waals surface area (Å²) in [6, 6.07) is 9.38. The first-order valence-electron chi connectivity index (χ1n) is 9.17. The van der Waals surface area contributed by atoms with Gasteiger partial charge in [-0.05, 0) is 36.6 Å². The first-order chi connectivity index (χ1) is 13.0. The van der Waals surface area contributed by atoms with Crippen molar-refractivity contribution in [3.05, 3.63) is 41.7 Å². The normalized spacial score (nSPS) is 19.7. The summed E-state index contributed by atoms with van der Waals surface area (Å²) in [6.45, 7) is 3.05. The average molecular weight is 374 g/mol. The number of likely N-dealkylation sites (tertiary alicyclic amines) is 1. The quantitative estimate of drug-likeness (QED) is 0.801. The number of rotatable bonds is 7. The Balaban J connectivity index is 1.52. The van der Waals surface area contributed by atoms with Gasteiger partial charge < -0.3 is 24.0 Å². The minimum atomic E-state index is -1.04. The van der Waals surface area contributed by atoms with Gasteiger partial charge in [-0.2, -0.15) is 0 Å². The molecular formula is C20H26N2O5. The number of carbonyl (C=O) groups excluding carboxylic acids is 1. The van der Waals surface area contributed by atoms with Gasteiger partial charge >= 0.3 is 0 Å². The molecule has 1 aliphatic heterocycles. The molecule has 3 rings (SSSR count). The van der Waals surface area contributed by atoms with Gasteiger partial charge in [-0.3, -0.25) is 4.79 Å². The van der Waals surface area contributed by atoms with E-state index in [4.69, 9.17) is 14.0 Å². The van der Waals surface area contributed by atoms with Crippen LogP contribution < -0.4 is 9.47 Å². The first kappa shape index (κ1) is 19.2. The zero-order chi connectivity index (χ0) is 19.3. The molecule has 7 heteroatoms. The summed E-state index contributed by atoms with van der Waals surface area (Å²) in [6.07, 6.45) is 2.11. The number of aliphatic hydroxyl groups is 1. The average Bonchev–Trinajstić information content (AvgIpc) is 3.14. The third kappa shape index (κ3) is 5.01. The van der Waals surface area contributed by atoms with E-state index in [2.05, 4.69) is 5.16 Å². The van der Waals surface area contributed by atoms with Gasteiger partial charge in [-0.1, -0.05) is 18.2 Å².